The van der Waals surface area contributed by atoms with Gasteiger partial charge < -0.3 is 5.11 Å². The van der Waals surface area contributed by atoms with E-state index in [-0.39, 0.29) is 0 Å². The zero-order valence-corrected chi connectivity index (χ0v) is 4.69. The summed E-state index contributed by atoms with van der Waals surface area (Å²) >= 11 is 5.18. The molecule has 1 unspecified atom stereocenters. The maximum absolute atomic E-state index is 9.71. The van der Waals surface area contributed by atoms with Crippen molar-refractivity contribution in [2.75, 3.05) is 12.5 Å². The van der Waals surface area contributed by atoms with Crippen LogP contribution in [-0.4, -0.2) is 23.7 Å². The predicted octanol–water partition coefficient (Wildman–Crippen LogP) is 0.407. The molecule has 0 bridgehead atoms. The van der Waals surface area contributed by atoms with Crippen molar-refractivity contribution in [3.63, 3.8) is 0 Å². The van der Waals surface area contributed by atoms with Gasteiger partial charge in [-0.15, -0.1) is 11.6 Å². The zero-order chi connectivity index (χ0) is 5.70. The molecule has 0 aromatic rings. The highest BCUT2D eigenvalue weighted by Gasteiger charge is 1.98. The Kier molecular flexibility index (Phi) is 4.50. The van der Waals surface area contributed by atoms with Crippen molar-refractivity contribution in [1.29, 1.82) is 0 Å². The summed E-state index contributed by atoms with van der Waals surface area (Å²) in [4.78, 5) is 0. The van der Waals surface area contributed by atoms with Gasteiger partial charge in [0.05, 0.1) is 6.10 Å². The quantitative estimate of drug-likeness (QED) is 0.543. The van der Waals surface area contributed by atoms with E-state index in [4.69, 9.17) is 16.7 Å². The van der Waals surface area contributed by atoms with Gasteiger partial charge in [0.15, 0.2) is 0 Å². The van der Waals surface area contributed by atoms with Crippen LogP contribution in [0.15, 0.2) is 0 Å². The van der Waals surface area contributed by atoms with E-state index in [9.17, 15) is 5.11 Å². The molecular weight excluding hydrogens is 115 g/mol. The van der Waals surface area contributed by atoms with Crippen LogP contribution in [0.3, 0.4) is 0 Å². The van der Waals surface area contributed by atoms with Gasteiger partial charge in [-0.05, 0) is 6.42 Å². The molecule has 0 spiro atoms. The molecule has 43 valence electrons. The highest BCUT2D eigenvalue weighted by Crippen LogP contribution is 1.90. The van der Waals surface area contributed by atoms with Gasteiger partial charge >= 0.3 is 0 Å². The number of aliphatic hydroxyl groups excluding tert-OH is 1. The minimum atomic E-state index is -0.738. The zero-order valence-electron chi connectivity index (χ0n) is 3.93. The minimum Gasteiger partial charge on any atom is -0.391 e. The lowest BCUT2D eigenvalue weighted by Crippen LogP contribution is -2.10. The molecule has 0 fully saturated rings. The summed E-state index contributed by atoms with van der Waals surface area (Å²) < 4.78 is 0. The summed E-state index contributed by atoms with van der Waals surface area (Å²) in [6.45, 7) is -0.438. The predicted molar refractivity (Wildman–Crippen MR) is 26.9 cm³/mol. The molecule has 0 amide bonds. The molecule has 0 saturated heterocycles. The minimum absolute atomic E-state index is 0.364. The first-order chi connectivity index (χ1) is 3.31. The van der Waals surface area contributed by atoms with Crippen LogP contribution in [-0.2, 0) is 5.11 Å². The Bertz CT molecular complexity index is 40.7. The smallest absolute Gasteiger partial charge is 0.108 e. The third-order valence-electron chi connectivity index (χ3n) is 0.635. The molecule has 0 aromatic carbocycles. The average Bonchev–Trinajstić information content (AvgIpc) is 1.68. The lowest BCUT2D eigenvalue weighted by Gasteiger charge is -1.98. The van der Waals surface area contributed by atoms with E-state index in [2.05, 4.69) is 0 Å². The monoisotopic (exact) mass is 123 g/mol. The van der Waals surface area contributed by atoms with Gasteiger partial charge in [-0.25, -0.2) is 5.11 Å². The molecule has 1 atom stereocenters. The first-order valence-corrected chi connectivity index (χ1v) is 2.67. The molecule has 0 aliphatic carbocycles. The summed E-state index contributed by atoms with van der Waals surface area (Å²) in [6.07, 6.45) is -0.331. The fourth-order valence-corrected chi connectivity index (χ4v) is 0.461. The largest absolute Gasteiger partial charge is 0.391 e. The Hall–Kier alpha value is 0.210. The SMILES string of the molecule is [O]CC(O)CCCl. The molecule has 1 N–H and O–H groups in total. The second kappa shape index (κ2) is 4.37. The van der Waals surface area contributed by atoms with Crippen LogP contribution in [0, 0.1) is 0 Å². The van der Waals surface area contributed by atoms with E-state index in [0.29, 0.717) is 12.3 Å². The van der Waals surface area contributed by atoms with Crippen LogP contribution in [0.1, 0.15) is 6.42 Å². The summed E-state index contributed by atoms with van der Waals surface area (Å²) in [5.74, 6) is 0.364. The van der Waals surface area contributed by atoms with Gasteiger partial charge in [-0.1, -0.05) is 0 Å². The highest BCUT2D eigenvalue weighted by atomic mass is 35.5. The maximum Gasteiger partial charge on any atom is 0.108 e. The van der Waals surface area contributed by atoms with Crippen molar-refractivity contribution in [3.05, 3.63) is 0 Å². The molecule has 0 rings (SSSR count). The summed E-state index contributed by atoms with van der Waals surface area (Å²) in [5, 5.41) is 18.2. The van der Waals surface area contributed by atoms with E-state index in [1.54, 1.807) is 0 Å². The Morgan fingerprint density at radius 3 is 2.43 bits per heavy atom. The van der Waals surface area contributed by atoms with Crippen LogP contribution < -0.4 is 0 Å². The summed E-state index contributed by atoms with van der Waals surface area (Å²) in [5.41, 5.74) is 0. The van der Waals surface area contributed by atoms with Crippen LogP contribution in [0.25, 0.3) is 0 Å². The molecule has 0 aromatic heterocycles. The highest BCUT2D eigenvalue weighted by molar-refractivity contribution is 6.17. The number of rotatable bonds is 3. The number of hydrogen-bond acceptors (Lipinski definition) is 1. The molecule has 7 heavy (non-hydrogen) atoms. The van der Waals surface area contributed by atoms with Crippen molar-refractivity contribution >= 4 is 11.6 Å². The van der Waals surface area contributed by atoms with Crippen molar-refractivity contribution in [2.45, 2.75) is 12.5 Å². The molecule has 0 saturated carbocycles. The molecule has 1 radical (unpaired) electrons. The molecular formula is C4H8ClO2. The average molecular weight is 124 g/mol. The standard InChI is InChI=1S/C4H8ClO2/c5-2-1-4(7)3-6/h4,7H,1-3H2. The van der Waals surface area contributed by atoms with E-state index in [1.165, 1.54) is 0 Å². The third-order valence-corrected chi connectivity index (χ3v) is 0.853. The lowest BCUT2D eigenvalue weighted by atomic mass is 10.3. The first kappa shape index (κ1) is 7.21. The fourth-order valence-electron chi connectivity index (χ4n) is 0.209. The van der Waals surface area contributed by atoms with Gasteiger partial charge in [0.2, 0.25) is 0 Å². The number of alkyl halides is 1. The first-order valence-electron chi connectivity index (χ1n) is 2.13. The third kappa shape index (κ3) is 4.05. The molecule has 3 heteroatoms. The van der Waals surface area contributed by atoms with Gasteiger partial charge in [-0.2, -0.15) is 0 Å². The van der Waals surface area contributed by atoms with Crippen molar-refractivity contribution in [3.8, 4) is 0 Å². The summed E-state index contributed by atoms with van der Waals surface area (Å²) in [7, 11) is 0. The van der Waals surface area contributed by atoms with Gasteiger partial charge in [0.25, 0.3) is 0 Å². The van der Waals surface area contributed by atoms with Gasteiger partial charge in [0, 0.05) is 5.88 Å². The molecule has 0 aliphatic heterocycles. The fraction of sp³-hybridized carbons (Fsp3) is 1.00. The van der Waals surface area contributed by atoms with Gasteiger partial charge in [-0.3, -0.25) is 0 Å². The topological polar surface area (TPSA) is 40.1 Å². The Morgan fingerprint density at radius 2 is 2.29 bits per heavy atom. The molecule has 0 aliphatic rings. The van der Waals surface area contributed by atoms with Gasteiger partial charge in [0.1, 0.15) is 6.61 Å². The van der Waals surface area contributed by atoms with Crippen LogP contribution in [0.5, 0.6) is 0 Å². The van der Waals surface area contributed by atoms with Crippen LogP contribution in [0.4, 0.5) is 0 Å². The number of aliphatic hydroxyl groups is 1. The second-order valence-corrected chi connectivity index (χ2v) is 1.68. The molecule has 2 nitrogen and oxygen atoms in total. The van der Waals surface area contributed by atoms with E-state index in [1.807, 2.05) is 0 Å². The van der Waals surface area contributed by atoms with E-state index in [0.717, 1.165) is 0 Å². The van der Waals surface area contributed by atoms with Crippen LogP contribution >= 0.6 is 11.6 Å². The van der Waals surface area contributed by atoms with Crippen molar-refractivity contribution in [2.24, 2.45) is 0 Å². The van der Waals surface area contributed by atoms with Crippen molar-refractivity contribution in [1.82, 2.24) is 0 Å². The lowest BCUT2D eigenvalue weighted by molar-refractivity contribution is 0.0538. The van der Waals surface area contributed by atoms with E-state index < -0.39 is 12.7 Å². The Labute approximate surface area is 47.7 Å². The molecule has 0 heterocycles. The normalized spacial score (nSPS) is 14.1. The second-order valence-electron chi connectivity index (χ2n) is 1.30. The maximum atomic E-state index is 9.71. The Balaban J connectivity index is 2.83. The number of hydrogen-bond donors (Lipinski definition) is 1. The van der Waals surface area contributed by atoms with Crippen molar-refractivity contribution < 1.29 is 10.2 Å². The Morgan fingerprint density at radius 1 is 1.71 bits per heavy atom. The van der Waals surface area contributed by atoms with Crippen LogP contribution in [0.2, 0.25) is 0 Å². The number of halogens is 1. The van der Waals surface area contributed by atoms with E-state index >= 15 is 0 Å². The summed E-state index contributed by atoms with van der Waals surface area (Å²) in [6, 6.07) is 0.